The van der Waals surface area contributed by atoms with Crippen LogP contribution in [0, 0.1) is 0 Å². The van der Waals surface area contributed by atoms with Crippen LogP contribution in [0.15, 0.2) is 17.0 Å². The van der Waals surface area contributed by atoms with Crippen LogP contribution in [0.4, 0.5) is 0 Å². The standard InChI is InChI=1S/C12H12Cl3NO4S/c13-9-5-8(21(15,18)19)6-10(14)12(9)20-4-3-11(17)16-7-1-2-7/h5-7H,1-4H2,(H,16,17). The van der Waals surface area contributed by atoms with Crippen LogP contribution >= 0.6 is 33.9 Å². The highest BCUT2D eigenvalue weighted by Crippen LogP contribution is 2.36. The van der Waals surface area contributed by atoms with Crippen LogP contribution in [0.25, 0.3) is 0 Å². The summed E-state index contributed by atoms with van der Waals surface area (Å²) in [5.74, 6) is 0.0197. The molecule has 0 heterocycles. The van der Waals surface area contributed by atoms with Crippen LogP contribution in [0.5, 0.6) is 5.75 Å². The largest absolute Gasteiger partial charge is 0.490 e. The Labute approximate surface area is 136 Å². The Hall–Kier alpha value is -0.690. The fourth-order valence-corrected chi connectivity index (χ4v) is 3.10. The summed E-state index contributed by atoms with van der Waals surface area (Å²) in [6.45, 7) is 0.0883. The fourth-order valence-electron chi connectivity index (χ4n) is 1.59. The van der Waals surface area contributed by atoms with Gasteiger partial charge in [-0.05, 0) is 25.0 Å². The fraction of sp³-hybridized carbons (Fsp3) is 0.417. The van der Waals surface area contributed by atoms with Crippen molar-refractivity contribution in [3.8, 4) is 5.75 Å². The molecule has 0 bridgehead atoms. The molecule has 1 N–H and O–H groups in total. The second-order valence-corrected chi connectivity index (χ2v) is 7.97. The van der Waals surface area contributed by atoms with Crippen LogP contribution in [-0.2, 0) is 13.8 Å². The van der Waals surface area contributed by atoms with Crippen LogP contribution in [0.2, 0.25) is 10.0 Å². The Morgan fingerprint density at radius 2 is 1.86 bits per heavy atom. The first-order valence-electron chi connectivity index (χ1n) is 6.13. The molecule has 0 unspecified atom stereocenters. The first-order valence-corrected chi connectivity index (χ1v) is 9.20. The third-order valence-corrected chi connectivity index (χ3v) is 4.67. The van der Waals surface area contributed by atoms with E-state index in [0.717, 1.165) is 25.0 Å². The molecule has 2 rings (SSSR count). The predicted molar refractivity (Wildman–Crippen MR) is 80.8 cm³/mol. The summed E-state index contributed by atoms with van der Waals surface area (Å²) >= 11 is 11.8. The van der Waals surface area contributed by atoms with Crippen molar-refractivity contribution in [3.63, 3.8) is 0 Å². The lowest BCUT2D eigenvalue weighted by Crippen LogP contribution is -2.26. The number of carbonyl (C=O) groups is 1. The lowest BCUT2D eigenvalue weighted by atomic mass is 10.3. The van der Waals surface area contributed by atoms with Gasteiger partial charge in [-0.1, -0.05) is 23.2 Å². The van der Waals surface area contributed by atoms with Crippen LogP contribution in [0.1, 0.15) is 19.3 Å². The van der Waals surface area contributed by atoms with Crippen molar-refractivity contribution < 1.29 is 17.9 Å². The Morgan fingerprint density at radius 1 is 1.29 bits per heavy atom. The van der Waals surface area contributed by atoms with E-state index in [9.17, 15) is 13.2 Å². The summed E-state index contributed by atoms with van der Waals surface area (Å²) in [7, 11) is 1.29. The SMILES string of the molecule is O=C(CCOc1c(Cl)cc(S(=O)(=O)Cl)cc1Cl)NC1CC1. The molecule has 0 aromatic heterocycles. The van der Waals surface area contributed by atoms with E-state index in [-0.39, 0.29) is 45.7 Å². The molecule has 1 aromatic carbocycles. The average Bonchev–Trinajstić information content (AvgIpc) is 3.15. The van der Waals surface area contributed by atoms with Gasteiger partial charge in [0.05, 0.1) is 28.0 Å². The third kappa shape index (κ3) is 4.92. The molecule has 1 amide bonds. The number of ether oxygens (including phenoxy) is 1. The van der Waals surface area contributed by atoms with Gasteiger partial charge in [-0.15, -0.1) is 0 Å². The number of hydrogen-bond donors (Lipinski definition) is 1. The topological polar surface area (TPSA) is 72.5 Å². The Kier molecular flexibility index (Phi) is 5.24. The molecule has 116 valence electrons. The zero-order valence-electron chi connectivity index (χ0n) is 10.7. The quantitative estimate of drug-likeness (QED) is 0.779. The molecule has 1 aliphatic carbocycles. The first kappa shape index (κ1) is 16.7. The lowest BCUT2D eigenvalue weighted by molar-refractivity contribution is -0.121. The van der Waals surface area contributed by atoms with E-state index < -0.39 is 9.05 Å². The number of nitrogens with one attached hydrogen (secondary N) is 1. The summed E-state index contributed by atoms with van der Waals surface area (Å²) < 4.78 is 27.8. The lowest BCUT2D eigenvalue weighted by Gasteiger charge is -2.11. The second kappa shape index (κ2) is 6.60. The van der Waals surface area contributed by atoms with Gasteiger partial charge in [0.2, 0.25) is 5.91 Å². The number of carbonyl (C=O) groups excluding carboxylic acids is 1. The van der Waals surface area contributed by atoms with Crippen molar-refractivity contribution in [3.05, 3.63) is 22.2 Å². The minimum atomic E-state index is -3.92. The van der Waals surface area contributed by atoms with Crippen molar-refractivity contribution in [2.75, 3.05) is 6.61 Å². The maximum Gasteiger partial charge on any atom is 0.261 e. The van der Waals surface area contributed by atoms with E-state index in [1.54, 1.807) is 0 Å². The molecule has 5 nitrogen and oxygen atoms in total. The third-order valence-electron chi connectivity index (χ3n) is 2.77. The van der Waals surface area contributed by atoms with Crippen LogP contribution in [0.3, 0.4) is 0 Å². The minimum Gasteiger partial charge on any atom is -0.490 e. The molecular formula is C12H12Cl3NO4S. The highest BCUT2D eigenvalue weighted by atomic mass is 35.7. The van der Waals surface area contributed by atoms with Crippen molar-refractivity contribution in [2.45, 2.75) is 30.2 Å². The monoisotopic (exact) mass is 371 g/mol. The number of hydrogen-bond acceptors (Lipinski definition) is 4. The van der Waals surface area contributed by atoms with E-state index in [1.807, 2.05) is 0 Å². The highest BCUT2D eigenvalue weighted by Gasteiger charge is 2.23. The molecule has 0 saturated heterocycles. The summed E-state index contributed by atoms with van der Waals surface area (Å²) in [5, 5.41) is 2.85. The minimum absolute atomic E-state index is 0.0179. The number of rotatable bonds is 6. The zero-order chi connectivity index (χ0) is 15.6. The maximum absolute atomic E-state index is 11.5. The summed E-state index contributed by atoms with van der Waals surface area (Å²) in [5.41, 5.74) is 0. The van der Waals surface area contributed by atoms with Gasteiger partial charge in [0.15, 0.2) is 5.75 Å². The van der Waals surface area contributed by atoms with Gasteiger partial charge in [-0.25, -0.2) is 8.42 Å². The van der Waals surface area contributed by atoms with E-state index in [2.05, 4.69) is 5.32 Å². The van der Waals surface area contributed by atoms with Crippen LogP contribution in [-0.4, -0.2) is 27.0 Å². The Bertz CT molecular complexity index is 635. The number of halogens is 3. The van der Waals surface area contributed by atoms with E-state index in [4.69, 9.17) is 38.6 Å². The van der Waals surface area contributed by atoms with Gasteiger partial charge in [-0.3, -0.25) is 4.79 Å². The summed E-state index contributed by atoms with van der Waals surface area (Å²) in [4.78, 5) is 11.3. The molecule has 1 aliphatic rings. The molecule has 0 aliphatic heterocycles. The van der Waals surface area contributed by atoms with Gasteiger partial charge in [0, 0.05) is 16.7 Å². The van der Waals surface area contributed by atoms with Gasteiger partial charge < -0.3 is 10.1 Å². The molecule has 21 heavy (non-hydrogen) atoms. The van der Waals surface area contributed by atoms with Gasteiger partial charge in [0.1, 0.15) is 0 Å². The molecule has 0 spiro atoms. The van der Waals surface area contributed by atoms with Crippen molar-refractivity contribution in [1.29, 1.82) is 0 Å². The van der Waals surface area contributed by atoms with E-state index in [0.29, 0.717) is 0 Å². The molecule has 0 atom stereocenters. The van der Waals surface area contributed by atoms with Crippen LogP contribution < -0.4 is 10.1 Å². The zero-order valence-corrected chi connectivity index (χ0v) is 13.8. The Balaban J connectivity index is 1.98. The molecular weight excluding hydrogens is 361 g/mol. The average molecular weight is 373 g/mol. The second-order valence-electron chi connectivity index (χ2n) is 4.59. The molecule has 1 fully saturated rings. The smallest absolute Gasteiger partial charge is 0.261 e. The van der Waals surface area contributed by atoms with Crippen molar-refractivity contribution in [1.82, 2.24) is 5.32 Å². The van der Waals surface area contributed by atoms with Crippen molar-refractivity contribution in [2.24, 2.45) is 0 Å². The summed E-state index contributed by atoms with van der Waals surface area (Å²) in [6.07, 6.45) is 2.19. The van der Waals surface area contributed by atoms with Gasteiger partial charge >= 0.3 is 0 Å². The molecule has 1 aromatic rings. The first-order chi connectivity index (χ1) is 9.77. The number of amides is 1. The van der Waals surface area contributed by atoms with Gasteiger partial charge in [-0.2, -0.15) is 0 Å². The predicted octanol–water partition coefficient (Wildman–Crippen LogP) is 2.97. The summed E-state index contributed by atoms with van der Waals surface area (Å²) in [6, 6.07) is 2.59. The molecule has 9 heteroatoms. The van der Waals surface area contributed by atoms with E-state index in [1.165, 1.54) is 0 Å². The van der Waals surface area contributed by atoms with Crippen molar-refractivity contribution >= 4 is 48.8 Å². The normalized spacial score (nSPS) is 14.8. The maximum atomic E-state index is 11.5. The van der Waals surface area contributed by atoms with Gasteiger partial charge in [0.25, 0.3) is 9.05 Å². The molecule has 1 saturated carbocycles. The number of benzene rings is 1. The molecule has 0 radical (unpaired) electrons. The highest BCUT2D eigenvalue weighted by molar-refractivity contribution is 8.13. The van der Waals surface area contributed by atoms with E-state index >= 15 is 0 Å². The Morgan fingerprint density at radius 3 is 2.33 bits per heavy atom.